The first-order chi connectivity index (χ1) is 6.00. The Morgan fingerprint density at radius 1 is 0.375 bits per heavy atom. The van der Waals surface area contributed by atoms with Gasteiger partial charge in [-0.1, -0.05) is 0 Å². The van der Waals surface area contributed by atoms with Gasteiger partial charge in [-0.25, -0.2) is 0 Å². The fraction of sp³-hybridized carbons (Fsp3) is 1.00. The van der Waals surface area contributed by atoms with Crippen LogP contribution in [0.2, 0.25) is 0 Å². The zero-order valence-electron chi connectivity index (χ0n) is 15.7. The molecule has 8 heteroatoms. The average Bonchev–Trinajstić information content (AvgIpc) is 2.05. The quantitative estimate of drug-likeness (QED) is 0.296. The van der Waals surface area contributed by atoms with Crippen LogP contribution in [-0.2, 0) is 0 Å². The molecule has 1 saturated heterocycles. The molecule has 4 N–H and O–H groups in total. The summed E-state index contributed by atoms with van der Waals surface area (Å²) in [6, 6.07) is 0. The fourth-order valence-electron chi connectivity index (χ4n) is 1.21. The SMILES string of the molecule is C1CNCCNCCNCCN1.[H-].[H-].[H-].[H-].[Li+].[Li+].[Li+].[Li+]. The van der Waals surface area contributed by atoms with Gasteiger partial charge in [-0.3, -0.25) is 0 Å². The van der Waals surface area contributed by atoms with Gasteiger partial charge in [0.25, 0.3) is 0 Å². The molecule has 1 aliphatic heterocycles. The van der Waals surface area contributed by atoms with Crippen molar-refractivity contribution in [1.29, 1.82) is 0 Å². The van der Waals surface area contributed by atoms with Gasteiger partial charge in [0.15, 0.2) is 0 Å². The first kappa shape index (κ1) is 26.7. The third-order valence-electron chi connectivity index (χ3n) is 1.91. The van der Waals surface area contributed by atoms with Crippen molar-refractivity contribution >= 4 is 0 Å². The van der Waals surface area contributed by atoms with Crippen molar-refractivity contribution in [3.8, 4) is 0 Å². The van der Waals surface area contributed by atoms with Gasteiger partial charge in [0.2, 0.25) is 0 Å². The van der Waals surface area contributed by atoms with Gasteiger partial charge in [0.05, 0.1) is 0 Å². The van der Waals surface area contributed by atoms with Gasteiger partial charge >= 0.3 is 75.4 Å². The summed E-state index contributed by atoms with van der Waals surface area (Å²) in [5.74, 6) is 0. The second-order valence-corrected chi connectivity index (χ2v) is 3.00. The van der Waals surface area contributed by atoms with E-state index in [0.29, 0.717) is 0 Å². The molecular formula is C8H24Li4N4. The molecule has 0 spiro atoms. The molecule has 0 unspecified atom stereocenters. The van der Waals surface area contributed by atoms with Gasteiger partial charge in [0, 0.05) is 52.4 Å². The van der Waals surface area contributed by atoms with Crippen LogP contribution in [0.4, 0.5) is 0 Å². The first-order valence-corrected chi connectivity index (χ1v) is 4.83. The molecule has 1 fully saturated rings. The van der Waals surface area contributed by atoms with Crippen LogP contribution in [-0.4, -0.2) is 52.4 Å². The molecule has 0 atom stereocenters. The van der Waals surface area contributed by atoms with E-state index in [1.54, 1.807) is 0 Å². The van der Waals surface area contributed by atoms with Crippen molar-refractivity contribution in [2.24, 2.45) is 0 Å². The molecule has 0 amide bonds. The number of rotatable bonds is 0. The molecule has 16 heavy (non-hydrogen) atoms. The Bertz CT molecular complexity index is 81.5. The monoisotopic (exact) mass is 204 g/mol. The van der Waals surface area contributed by atoms with Crippen LogP contribution in [0.25, 0.3) is 0 Å². The van der Waals surface area contributed by atoms with E-state index in [4.69, 9.17) is 0 Å². The minimum atomic E-state index is 0. The summed E-state index contributed by atoms with van der Waals surface area (Å²) in [5, 5.41) is 13.4. The topological polar surface area (TPSA) is 48.1 Å². The molecule has 0 aromatic carbocycles. The van der Waals surface area contributed by atoms with Gasteiger partial charge in [0.1, 0.15) is 0 Å². The maximum Gasteiger partial charge on any atom is 1.00 e. The number of hydrogen-bond donors (Lipinski definition) is 4. The summed E-state index contributed by atoms with van der Waals surface area (Å²) in [6.45, 7) is 8.57. The van der Waals surface area contributed by atoms with Crippen molar-refractivity contribution in [3.63, 3.8) is 0 Å². The van der Waals surface area contributed by atoms with E-state index in [1.165, 1.54) is 0 Å². The molecule has 1 aliphatic rings. The molecule has 0 aromatic rings. The standard InChI is InChI=1S/C8H20N4.4Li.4H/c1-2-10-5-6-12-8-7-11-4-3-9-1;;;;;;;;/h9-12H,1-8H2;;;;;;;;/q;4*+1;4*-1. The molecule has 80 valence electrons. The summed E-state index contributed by atoms with van der Waals surface area (Å²) >= 11 is 0. The van der Waals surface area contributed by atoms with Crippen molar-refractivity contribution in [2.75, 3.05) is 52.4 Å². The molecule has 0 saturated carbocycles. The predicted octanol–water partition coefficient (Wildman–Crippen LogP) is -13.2. The summed E-state index contributed by atoms with van der Waals surface area (Å²) in [7, 11) is 0. The van der Waals surface area contributed by atoms with Crippen LogP contribution in [0, 0.1) is 0 Å². The number of hydrogen-bond acceptors (Lipinski definition) is 4. The van der Waals surface area contributed by atoms with Crippen molar-refractivity contribution < 1.29 is 81.1 Å². The smallest absolute Gasteiger partial charge is 1.00 e. The fourth-order valence-corrected chi connectivity index (χ4v) is 1.21. The predicted molar refractivity (Wildman–Crippen MR) is 55.9 cm³/mol. The van der Waals surface area contributed by atoms with Crippen LogP contribution in [0.1, 0.15) is 5.71 Å². The Morgan fingerprint density at radius 2 is 0.500 bits per heavy atom. The van der Waals surface area contributed by atoms with Gasteiger partial charge in [-0.15, -0.1) is 0 Å². The van der Waals surface area contributed by atoms with E-state index < -0.39 is 0 Å². The van der Waals surface area contributed by atoms with Crippen LogP contribution in [0.5, 0.6) is 0 Å². The van der Waals surface area contributed by atoms with Gasteiger partial charge in [-0.05, 0) is 0 Å². The second-order valence-electron chi connectivity index (χ2n) is 3.00. The minimum absolute atomic E-state index is 0. The Balaban J connectivity index is -0.0000000300. The first-order valence-electron chi connectivity index (χ1n) is 4.83. The van der Waals surface area contributed by atoms with E-state index in [1.807, 2.05) is 0 Å². The van der Waals surface area contributed by atoms with Crippen LogP contribution in [0.15, 0.2) is 0 Å². The van der Waals surface area contributed by atoms with Crippen LogP contribution >= 0.6 is 0 Å². The van der Waals surface area contributed by atoms with E-state index >= 15 is 0 Å². The summed E-state index contributed by atoms with van der Waals surface area (Å²) in [4.78, 5) is 0. The average molecular weight is 204 g/mol. The molecule has 0 radical (unpaired) electrons. The third kappa shape index (κ3) is 18.6. The zero-order valence-corrected chi connectivity index (χ0v) is 11.7. The summed E-state index contributed by atoms with van der Waals surface area (Å²) in [6.07, 6.45) is 0. The summed E-state index contributed by atoms with van der Waals surface area (Å²) < 4.78 is 0. The molecule has 4 nitrogen and oxygen atoms in total. The summed E-state index contributed by atoms with van der Waals surface area (Å²) in [5.41, 5.74) is 0. The third-order valence-corrected chi connectivity index (χ3v) is 1.91. The Kier molecular flexibility index (Phi) is 37.4. The van der Waals surface area contributed by atoms with E-state index in [-0.39, 0.29) is 81.1 Å². The van der Waals surface area contributed by atoms with Crippen molar-refractivity contribution in [3.05, 3.63) is 0 Å². The number of nitrogens with one attached hydrogen (secondary N) is 4. The van der Waals surface area contributed by atoms with Gasteiger partial charge in [-0.2, -0.15) is 0 Å². The Morgan fingerprint density at radius 3 is 0.625 bits per heavy atom. The van der Waals surface area contributed by atoms with Crippen LogP contribution < -0.4 is 96.7 Å². The molecular weight excluding hydrogens is 180 g/mol. The largest absolute Gasteiger partial charge is 1.00 e. The van der Waals surface area contributed by atoms with E-state index in [2.05, 4.69) is 21.3 Å². The molecule has 1 heterocycles. The van der Waals surface area contributed by atoms with E-state index in [9.17, 15) is 0 Å². The van der Waals surface area contributed by atoms with Gasteiger partial charge < -0.3 is 27.0 Å². The van der Waals surface area contributed by atoms with E-state index in [0.717, 1.165) is 52.4 Å². The second kappa shape index (κ2) is 22.4. The molecule has 0 aliphatic carbocycles. The zero-order chi connectivity index (χ0) is 8.49. The maximum atomic E-state index is 3.36. The van der Waals surface area contributed by atoms with Crippen molar-refractivity contribution in [1.82, 2.24) is 21.3 Å². The Labute approximate surface area is 154 Å². The normalized spacial score (nSPS) is 18.0. The maximum absolute atomic E-state index is 3.36. The Hall–Kier alpha value is 2.23. The van der Waals surface area contributed by atoms with Crippen LogP contribution in [0.3, 0.4) is 0 Å². The molecule has 0 bridgehead atoms. The minimum Gasteiger partial charge on any atom is -1.00 e. The molecule has 0 aromatic heterocycles. The van der Waals surface area contributed by atoms with Crippen molar-refractivity contribution in [2.45, 2.75) is 0 Å². The molecule has 1 rings (SSSR count).